The fourth-order valence-electron chi connectivity index (χ4n) is 2.83. The SMILES string of the molecule is N#CC(=C1c2cccnc2-c2ncccc21)c1ncc(F)cc1F. The van der Waals surface area contributed by atoms with Crippen LogP contribution in [0.5, 0.6) is 0 Å². The highest BCUT2D eigenvalue weighted by atomic mass is 19.1. The fourth-order valence-corrected chi connectivity index (χ4v) is 2.83. The molecule has 24 heavy (non-hydrogen) atoms. The summed E-state index contributed by atoms with van der Waals surface area (Å²) in [6.45, 7) is 0. The van der Waals surface area contributed by atoms with E-state index in [4.69, 9.17) is 0 Å². The van der Waals surface area contributed by atoms with Crippen molar-refractivity contribution in [2.24, 2.45) is 0 Å². The molecule has 0 spiro atoms. The second kappa shape index (κ2) is 5.32. The minimum atomic E-state index is -0.887. The molecule has 0 amide bonds. The van der Waals surface area contributed by atoms with E-state index in [0.717, 1.165) is 6.20 Å². The molecule has 0 saturated heterocycles. The zero-order valence-electron chi connectivity index (χ0n) is 12.2. The largest absolute Gasteiger partial charge is 0.254 e. The van der Waals surface area contributed by atoms with E-state index in [-0.39, 0.29) is 11.3 Å². The number of hydrogen-bond donors (Lipinski definition) is 0. The molecule has 0 fully saturated rings. The number of nitrogens with zero attached hydrogens (tertiary/aromatic N) is 4. The van der Waals surface area contributed by atoms with Gasteiger partial charge in [0, 0.05) is 35.2 Å². The third-order valence-electron chi connectivity index (χ3n) is 3.78. The normalized spacial score (nSPS) is 11.6. The standard InChI is InChI=1S/C18H8F2N4/c19-10-7-14(20)16(24-9-10)13(8-21)15-11-3-1-5-22-17(11)18-12(15)4-2-6-23-18/h1-7,9H. The monoisotopic (exact) mass is 318 g/mol. The van der Waals surface area contributed by atoms with E-state index in [1.165, 1.54) is 0 Å². The lowest BCUT2D eigenvalue weighted by molar-refractivity contribution is 0.570. The number of allylic oxidation sites excluding steroid dienone is 1. The molecule has 0 N–H and O–H groups in total. The first-order chi connectivity index (χ1) is 11.7. The van der Waals surface area contributed by atoms with E-state index in [1.54, 1.807) is 36.7 Å². The van der Waals surface area contributed by atoms with Crippen LogP contribution in [-0.4, -0.2) is 15.0 Å². The number of hydrogen-bond acceptors (Lipinski definition) is 4. The Hall–Kier alpha value is -3.46. The minimum absolute atomic E-state index is 0.0218. The molecule has 0 unspecified atom stereocenters. The van der Waals surface area contributed by atoms with Gasteiger partial charge in [0.25, 0.3) is 0 Å². The Morgan fingerprint density at radius 3 is 2.12 bits per heavy atom. The van der Waals surface area contributed by atoms with Crippen LogP contribution in [0.25, 0.3) is 22.5 Å². The van der Waals surface area contributed by atoms with Crippen LogP contribution >= 0.6 is 0 Å². The van der Waals surface area contributed by atoms with Gasteiger partial charge in [-0.1, -0.05) is 12.1 Å². The third kappa shape index (κ3) is 1.99. The van der Waals surface area contributed by atoms with Crippen LogP contribution in [0, 0.1) is 23.0 Å². The first-order valence-corrected chi connectivity index (χ1v) is 7.07. The van der Waals surface area contributed by atoms with Crippen molar-refractivity contribution in [3.8, 4) is 17.5 Å². The number of halogens is 2. The third-order valence-corrected chi connectivity index (χ3v) is 3.78. The van der Waals surface area contributed by atoms with E-state index >= 15 is 0 Å². The highest BCUT2D eigenvalue weighted by Gasteiger charge is 2.30. The molecule has 3 aromatic heterocycles. The van der Waals surface area contributed by atoms with Crippen LogP contribution in [0.2, 0.25) is 0 Å². The summed E-state index contributed by atoms with van der Waals surface area (Å²) in [5, 5.41) is 9.64. The van der Waals surface area contributed by atoms with E-state index in [9.17, 15) is 14.0 Å². The predicted octanol–water partition coefficient (Wildman–Crippen LogP) is 3.61. The lowest BCUT2D eigenvalue weighted by Crippen LogP contribution is -1.98. The number of aromatic nitrogens is 3. The molecule has 0 bridgehead atoms. The summed E-state index contributed by atoms with van der Waals surface area (Å²) in [4.78, 5) is 12.4. The molecule has 3 aromatic rings. The zero-order valence-corrected chi connectivity index (χ0v) is 12.2. The molecular weight excluding hydrogens is 310 g/mol. The van der Waals surface area contributed by atoms with Crippen molar-refractivity contribution in [2.75, 3.05) is 0 Å². The van der Waals surface area contributed by atoms with Crippen molar-refractivity contribution in [3.63, 3.8) is 0 Å². The summed E-state index contributed by atoms with van der Waals surface area (Å²) < 4.78 is 27.3. The highest BCUT2D eigenvalue weighted by Crippen LogP contribution is 2.44. The number of nitriles is 1. The number of rotatable bonds is 1. The van der Waals surface area contributed by atoms with Crippen LogP contribution in [-0.2, 0) is 0 Å². The fraction of sp³-hybridized carbons (Fsp3) is 0. The minimum Gasteiger partial charge on any atom is -0.254 e. The molecule has 0 atom stereocenters. The Bertz CT molecular complexity index is 1000. The predicted molar refractivity (Wildman–Crippen MR) is 83.2 cm³/mol. The summed E-state index contributed by atoms with van der Waals surface area (Å²) in [5.41, 5.74) is 2.92. The maximum absolute atomic E-state index is 14.2. The molecule has 0 radical (unpaired) electrons. The van der Waals surface area contributed by atoms with Crippen molar-refractivity contribution >= 4 is 11.1 Å². The molecule has 114 valence electrons. The van der Waals surface area contributed by atoms with Crippen LogP contribution in [0.1, 0.15) is 16.8 Å². The summed E-state index contributed by atoms with van der Waals surface area (Å²) >= 11 is 0. The molecule has 0 saturated carbocycles. The van der Waals surface area contributed by atoms with Gasteiger partial charge in [0.15, 0.2) is 5.82 Å². The lowest BCUT2D eigenvalue weighted by atomic mass is 9.97. The lowest BCUT2D eigenvalue weighted by Gasteiger charge is -2.07. The molecule has 0 aliphatic heterocycles. The zero-order chi connectivity index (χ0) is 16.7. The van der Waals surface area contributed by atoms with E-state index < -0.39 is 11.6 Å². The average Bonchev–Trinajstić information content (AvgIpc) is 2.92. The Kier molecular flexibility index (Phi) is 3.14. The van der Waals surface area contributed by atoms with Gasteiger partial charge in [-0.05, 0) is 12.1 Å². The second-order valence-corrected chi connectivity index (χ2v) is 5.14. The molecule has 3 heterocycles. The quantitative estimate of drug-likeness (QED) is 0.503. The molecule has 6 heteroatoms. The topological polar surface area (TPSA) is 62.5 Å². The number of fused-ring (bicyclic) bond motifs is 3. The van der Waals surface area contributed by atoms with Crippen molar-refractivity contribution < 1.29 is 8.78 Å². The van der Waals surface area contributed by atoms with E-state index in [1.807, 2.05) is 6.07 Å². The number of pyridine rings is 3. The molecular formula is C18H8F2N4. The molecule has 1 aliphatic carbocycles. The second-order valence-electron chi connectivity index (χ2n) is 5.14. The van der Waals surface area contributed by atoms with Gasteiger partial charge >= 0.3 is 0 Å². The van der Waals surface area contributed by atoms with Gasteiger partial charge in [-0.3, -0.25) is 9.97 Å². The van der Waals surface area contributed by atoms with Crippen LogP contribution < -0.4 is 0 Å². The van der Waals surface area contributed by atoms with Gasteiger partial charge in [-0.25, -0.2) is 13.8 Å². The Balaban J connectivity index is 2.10. The van der Waals surface area contributed by atoms with E-state index in [0.29, 0.717) is 34.2 Å². The smallest absolute Gasteiger partial charge is 0.153 e. The van der Waals surface area contributed by atoms with Gasteiger partial charge in [0.2, 0.25) is 0 Å². The molecule has 4 nitrogen and oxygen atoms in total. The maximum atomic E-state index is 14.2. The summed E-state index contributed by atoms with van der Waals surface area (Å²) in [6, 6.07) is 9.75. The van der Waals surface area contributed by atoms with E-state index in [2.05, 4.69) is 15.0 Å². The van der Waals surface area contributed by atoms with Gasteiger partial charge < -0.3 is 0 Å². The van der Waals surface area contributed by atoms with Crippen molar-refractivity contribution in [1.82, 2.24) is 15.0 Å². The van der Waals surface area contributed by atoms with Crippen LogP contribution in [0.4, 0.5) is 8.78 Å². The van der Waals surface area contributed by atoms with Crippen LogP contribution in [0.15, 0.2) is 48.9 Å². The van der Waals surface area contributed by atoms with Gasteiger partial charge in [-0.15, -0.1) is 0 Å². The summed E-state index contributed by atoms with van der Waals surface area (Å²) in [5.74, 6) is -1.68. The molecule has 4 rings (SSSR count). The Labute approximate surface area is 135 Å². The van der Waals surface area contributed by atoms with Crippen LogP contribution in [0.3, 0.4) is 0 Å². The first kappa shape index (κ1) is 14.2. The molecule has 1 aliphatic rings. The van der Waals surface area contributed by atoms with Crippen molar-refractivity contribution in [3.05, 3.63) is 77.4 Å². The Morgan fingerprint density at radius 2 is 1.58 bits per heavy atom. The van der Waals surface area contributed by atoms with Gasteiger partial charge in [-0.2, -0.15) is 5.26 Å². The summed E-state index contributed by atoms with van der Waals surface area (Å²) in [7, 11) is 0. The average molecular weight is 318 g/mol. The first-order valence-electron chi connectivity index (χ1n) is 7.07. The summed E-state index contributed by atoms with van der Waals surface area (Å²) in [6.07, 6.45) is 4.14. The Morgan fingerprint density at radius 1 is 0.958 bits per heavy atom. The molecule has 0 aromatic carbocycles. The van der Waals surface area contributed by atoms with Gasteiger partial charge in [0.1, 0.15) is 17.6 Å². The maximum Gasteiger partial charge on any atom is 0.153 e. The van der Waals surface area contributed by atoms with Crippen molar-refractivity contribution in [1.29, 1.82) is 5.26 Å². The highest BCUT2D eigenvalue weighted by molar-refractivity contribution is 6.11. The van der Waals surface area contributed by atoms with Crippen molar-refractivity contribution in [2.45, 2.75) is 0 Å². The van der Waals surface area contributed by atoms with Gasteiger partial charge in [0.05, 0.1) is 23.2 Å².